The van der Waals surface area contributed by atoms with Crippen LogP contribution in [0.1, 0.15) is 12.8 Å². The molecule has 0 aliphatic rings. The molecule has 0 spiro atoms. The summed E-state index contributed by atoms with van der Waals surface area (Å²) in [6.07, 6.45) is 0.692. The van der Waals surface area contributed by atoms with E-state index in [9.17, 15) is 9.59 Å². The maximum atomic E-state index is 11.5. The van der Waals surface area contributed by atoms with Gasteiger partial charge in [0, 0.05) is 25.8 Å². The molecule has 0 unspecified atom stereocenters. The van der Waals surface area contributed by atoms with Gasteiger partial charge in [0.15, 0.2) is 5.58 Å². The topological polar surface area (TPSA) is 84.5 Å². The second-order valence-corrected chi connectivity index (χ2v) is 3.98. The van der Waals surface area contributed by atoms with Crippen LogP contribution in [0.25, 0.3) is 11.1 Å². The zero-order valence-corrected chi connectivity index (χ0v) is 9.97. The predicted octanol–water partition coefficient (Wildman–Crippen LogP) is 0.842. The van der Waals surface area contributed by atoms with Crippen molar-refractivity contribution in [3.8, 4) is 0 Å². The molecule has 0 fully saturated rings. The number of fused-ring (bicyclic) bond motifs is 1. The fourth-order valence-corrected chi connectivity index (χ4v) is 1.67. The van der Waals surface area contributed by atoms with E-state index in [1.165, 1.54) is 4.57 Å². The van der Waals surface area contributed by atoms with Crippen LogP contribution >= 0.6 is 0 Å². The Balaban J connectivity index is 2.22. The van der Waals surface area contributed by atoms with Crippen LogP contribution in [0.15, 0.2) is 27.4 Å². The summed E-state index contributed by atoms with van der Waals surface area (Å²) >= 11 is 0. The number of hydrogen-bond donors (Lipinski definition) is 2. The number of amides is 1. The molecule has 18 heavy (non-hydrogen) atoms. The Labute approximate surface area is 103 Å². The highest BCUT2D eigenvalue weighted by atomic mass is 16.4. The van der Waals surface area contributed by atoms with Gasteiger partial charge >= 0.3 is 5.76 Å². The molecule has 0 aliphatic carbocycles. The Kier molecular flexibility index (Phi) is 3.47. The van der Waals surface area contributed by atoms with Crippen molar-refractivity contribution in [2.45, 2.75) is 12.8 Å². The quantitative estimate of drug-likeness (QED) is 0.842. The summed E-state index contributed by atoms with van der Waals surface area (Å²) in [5.41, 5.74) is 1.71. The minimum absolute atomic E-state index is 0.0112. The largest absolute Gasteiger partial charge is 0.419 e. The molecule has 0 atom stereocenters. The maximum absolute atomic E-state index is 11.5. The number of aliphatic hydroxyl groups is 1. The number of aliphatic hydroxyl groups excluding tert-OH is 1. The first-order valence-electron chi connectivity index (χ1n) is 5.62. The molecule has 2 N–H and O–H groups in total. The number of rotatable bonds is 4. The molecular weight excluding hydrogens is 236 g/mol. The number of aryl methyl sites for hydroxylation is 1. The van der Waals surface area contributed by atoms with Crippen molar-refractivity contribution < 1.29 is 14.3 Å². The molecule has 0 aliphatic heterocycles. The van der Waals surface area contributed by atoms with Crippen LogP contribution in [0.5, 0.6) is 0 Å². The number of carbonyl (C=O) groups is 1. The number of carbonyl (C=O) groups excluding carboxylic acids is 1. The molecule has 96 valence electrons. The van der Waals surface area contributed by atoms with Gasteiger partial charge in [-0.3, -0.25) is 9.36 Å². The Morgan fingerprint density at radius 3 is 3.00 bits per heavy atom. The Morgan fingerprint density at radius 1 is 1.50 bits per heavy atom. The van der Waals surface area contributed by atoms with E-state index in [1.54, 1.807) is 25.2 Å². The van der Waals surface area contributed by atoms with Gasteiger partial charge in [0.05, 0.1) is 5.52 Å². The van der Waals surface area contributed by atoms with Crippen LogP contribution in [-0.4, -0.2) is 22.2 Å². The third kappa shape index (κ3) is 2.43. The van der Waals surface area contributed by atoms with Gasteiger partial charge in [-0.25, -0.2) is 4.79 Å². The second kappa shape index (κ2) is 5.05. The molecule has 6 nitrogen and oxygen atoms in total. The minimum Gasteiger partial charge on any atom is -0.408 e. The van der Waals surface area contributed by atoms with Gasteiger partial charge < -0.3 is 14.8 Å². The molecule has 1 heterocycles. The lowest BCUT2D eigenvalue weighted by Crippen LogP contribution is -2.12. The van der Waals surface area contributed by atoms with E-state index in [2.05, 4.69) is 5.32 Å². The number of anilines is 1. The summed E-state index contributed by atoms with van der Waals surface area (Å²) in [5, 5.41) is 11.3. The summed E-state index contributed by atoms with van der Waals surface area (Å²) < 4.78 is 6.36. The lowest BCUT2D eigenvalue weighted by Gasteiger charge is -2.04. The Morgan fingerprint density at radius 2 is 2.28 bits per heavy atom. The number of oxazole rings is 1. The fraction of sp³-hybridized carbons (Fsp3) is 0.333. The molecule has 0 saturated heterocycles. The first-order valence-corrected chi connectivity index (χ1v) is 5.62. The molecule has 0 radical (unpaired) electrons. The zero-order valence-electron chi connectivity index (χ0n) is 9.97. The van der Waals surface area contributed by atoms with E-state index in [-0.39, 0.29) is 18.9 Å². The van der Waals surface area contributed by atoms with E-state index < -0.39 is 5.76 Å². The van der Waals surface area contributed by atoms with Gasteiger partial charge in [0.25, 0.3) is 0 Å². The van der Waals surface area contributed by atoms with Crippen molar-refractivity contribution in [2.24, 2.45) is 7.05 Å². The number of benzene rings is 1. The molecule has 1 aromatic carbocycles. The normalized spacial score (nSPS) is 10.8. The first-order chi connectivity index (χ1) is 8.61. The molecule has 2 rings (SSSR count). The SMILES string of the molecule is Cn1c(=O)oc2ccc(NC(=O)CCCO)cc21. The van der Waals surface area contributed by atoms with Crippen LogP contribution in [0.4, 0.5) is 5.69 Å². The monoisotopic (exact) mass is 250 g/mol. The van der Waals surface area contributed by atoms with Gasteiger partial charge in [-0.05, 0) is 24.6 Å². The van der Waals surface area contributed by atoms with Crippen molar-refractivity contribution in [1.29, 1.82) is 0 Å². The smallest absolute Gasteiger partial charge is 0.408 e. The summed E-state index contributed by atoms with van der Waals surface area (Å²) in [4.78, 5) is 22.8. The first kappa shape index (κ1) is 12.4. The van der Waals surface area contributed by atoms with Crippen molar-refractivity contribution in [1.82, 2.24) is 4.57 Å². The minimum atomic E-state index is -0.436. The van der Waals surface area contributed by atoms with Gasteiger partial charge in [-0.15, -0.1) is 0 Å². The fourth-order valence-electron chi connectivity index (χ4n) is 1.67. The maximum Gasteiger partial charge on any atom is 0.419 e. The number of aromatic nitrogens is 1. The van der Waals surface area contributed by atoms with Crippen LogP contribution < -0.4 is 11.1 Å². The van der Waals surface area contributed by atoms with Crippen LogP contribution in [0.3, 0.4) is 0 Å². The van der Waals surface area contributed by atoms with Gasteiger partial charge in [0.1, 0.15) is 0 Å². The van der Waals surface area contributed by atoms with E-state index in [1.807, 2.05) is 0 Å². The molecule has 0 saturated carbocycles. The van der Waals surface area contributed by atoms with Gasteiger partial charge in [0.2, 0.25) is 5.91 Å². The van der Waals surface area contributed by atoms with Crippen molar-refractivity contribution in [3.63, 3.8) is 0 Å². The highest BCUT2D eigenvalue weighted by molar-refractivity contribution is 5.92. The van der Waals surface area contributed by atoms with E-state index in [4.69, 9.17) is 9.52 Å². The third-order valence-electron chi connectivity index (χ3n) is 2.64. The summed E-state index contributed by atoms with van der Waals surface area (Å²) in [6.45, 7) is -0.0112. The van der Waals surface area contributed by atoms with Crippen LogP contribution in [0.2, 0.25) is 0 Å². The molecule has 6 heteroatoms. The van der Waals surface area contributed by atoms with Crippen molar-refractivity contribution >= 4 is 22.7 Å². The summed E-state index contributed by atoms with van der Waals surface area (Å²) in [7, 11) is 1.60. The van der Waals surface area contributed by atoms with Gasteiger partial charge in [-0.1, -0.05) is 0 Å². The standard InChI is InChI=1S/C12H14N2O4/c1-14-9-7-8(13-11(16)3-2-6-15)4-5-10(9)18-12(14)17/h4-5,7,15H,2-3,6H2,1H3,(H,13,16). The molecule has 1 aromatic heterocycles. The van der Waals surface area contributed by atoms with E-state index in [0.29, 0.717) is 23.2 Å². The van der Waals surface area contributed by atoms with E-state index in [0.717, 1.165) is 0 Å². The molecule has 2 aromatic rings. The zero-order chi connectivity index (χ0) is 13.1. The lowest BCUT2D eigenvalue weighted by atomic mass is 10.2. The Hall–Kier alpha value is -2.08. The van der Waals surface area contributed by atoms with Crippen LogP contribution in [-0.2, 0) is 11.8 Å². The lowest BCUT2D eigenvalue weighted by molar-refractivity contribution is -0.116. The van der Waals surface area contributed by atoms with Gasteiger partial charge in [-0.2, -0.15) is 0 Å². The highest BCUT2D eigenvalue weighted by Crippen LogP contribution is 2.17. The van der Waals surface area contributed by atoms with Crippen molar-refractivity contribution in [3.05, 3.63) is 28.7 Å². The summed E-state index contributed by atoms with van der Waals surface area (Å²) in [5.74, 6) is -0.606. The third-order valence-corrected chi connectivity index (χ3v) is 2.64. The number of nitrogens with one attached hydrogen (secondary N) is 1. The average Bonchev–Trinajstić information content (AvgIpc) is 2.63. The predicted molar refractivity (Wildman–Crippen MR) is 66.4 cm³/mol. The van der Waals surface area contributed by atoms with Crippen LogP contribution in [0, 0.1) is 0 Å². The summed E-state index contributed by atoms with van der Waals surface area (Å²) in [6, 6.07) is 4.98. The van der Waals surface area contributed by atoms with E-state index >= 15 is 0 Å². The van der Waals surface area contributed by atoms with Crippen molar-refractivity contribution in [2.75, 3.05) is 11.9 Å². The second-order valence-electron chi connectivity index (χ2n) is 3.98. The average molecular weight is 250 g/mol. The number of nitrogens with zero attached hydrogens (tertiary/aromatic N) is 1. The molecule has 1 amide bonds. The Bertz CT molecular complexity index is 627. The highest BCUT2D eigenvalue weighted by Gasteiger charge is 2.08. The number of hydrogen-bond acceptors (Lipinski definition) is 4. The molecule has 0 bridgehead atoms. The molecular formula is C12H14N2O4.